The third-order valence-electron chi connectivity index (χ3n) is 3.87. The highest BCUT2D eigenvalue weighted by molar-refractivity contribution is 6.55. The van der Waals surface area contributed by atoms with Crippen molar-refractivity contribution in [2.75, 3.05) is 19.8 Å². The smallest absolute Gasteiger partial charge is 0.125 e. The van der Waals surface area contributed by atoms with Gasteiger partial charge in [-0.1, -0.05) is 43.5 Å². The summed E-state index contributed by atoms with van der Waals surface area (Å²) in [5.74, 6) is 6.82. The highest BCUT2D eigenvalue weighted by Gasteiger charge is 2.11. The molecule has 0 aromatic heterocycles. The number of halogens is 3. The molecular formula is C19H30Cl3NO3. The van der Waals surface area contributed by atoms with Crippen molar-refractivity contribution >= 4 is 35.6 Å². The molecule has 0 bridgehead atoms. The summed E-state index contributed by atoms with van der Waals surface area (Å²) in [6.07, 6.45) is 7.63. The lowest BCUT2D eigenvalue weighted by molar-refractivity contribution is 0.133. The van der Waals surface area contributed by atoms with Gasteiger partial charge in [0, 0.05) is 0 Å². The van der Waals surface area contributed by atoms with Gasteiger partial charge in [-0.25, -0.2) is 5.90 Å². The molecule has 0 unspecified atom stereocenters. The Bertz CT molecular complexity index is 510. The fourth-order valence-corrected chi connectivity index (χ4v) is 2.66. The number of unbranched alkanes of at least 4 members (excludes halogenated alkanes) is 3. The zero-order valence-corrected chi connectivity index (χ0v) is 17.9. The van der Waals surface area contributed by atoms with E-state index in [1.165, 1.54) is 0 Å². The molecule has 0 aliphatic heterocycles. The maximum atomic E-state index is 6.09. The number of rotatable bonds is 13. The van der Waals surface area contributed by atoms with Crippen LogP contribution in [0.4, 0.5) is 0 Å². The molecule has 0 heterocycles. The van der Waals surface area contributed by atoms with Crippen molar-refractivity contribution < 1.29 is 14.3 Å². The second kappa shape index (κ2) is 15.4. The van der Waals surface area contributed by atoms with E-state index in [4.69, 9.17) is 38.6 Å². The van der Waals surface area contributed by atoms with Gasteiger partial charge in [0.25, 0.3) is 0 Å². The molecule has 26 heavy (non-hydrogen) atoms. The van der Waals surface area contributed by atoms with E-state index in [0.717, 1.165) is 61.2 Å². The number of ether oxygens (including phenoxy) is 2. The number of aryl methyl sites for hydroxylation is 2. The van der Waals surface area contributed by atoms with Crippen molar-refractivity contribution in [2.24, 2.45) is 5.90 Å². The van der Waals surface area contributed by atoms with Crippen LogP contribution in [-0.4, -0.2) is 19.8 Å². The molecule has 0 radical (unpaired) electrons. The number of nitrogens with two attached hydrogens (primary N) is 1. The summed E-state index contributed by atoms with van der Waals surface area (Å²) in [5, 5.41) is 0. The first kappa shape index (κ1) is 25.4. The van der Waals surface area contributed by atoms with Crippen molar-refractivity contribution in [3.63, 3.8) is 0 Å². The van der Waals surface area contributed by atoms with Crippen LogP contribution in [0.3, 0.4) is 0 Å². The van der Waals surface area contributed by atoms with Gasteiger partial charge in [0.05, 0.1) is 13.2 Å². The monoisotopic (exact) mass is 425 g/mol. The Morgan fingerprint density at radius 1 is 0.962 bits per heavy atom. The second-order valence-electron chi connectivity index (χ2n) is 5.72. The largest absolute Gasteiger partial charge is 0.493 e. The van der Waals surface area contributed by atoms with E-state index in [-0.39, 0.29) is 16.9 Å². The molecule has 0 atom stereocenters. The lowest BCUT2D eigenvalue weighted by Gasteiger charge is -2.17. The van der Waals surface area contributed by atoms with Gasteiger partial charge in [0.1, 0.15) is 22.6 Å². The average molecular weight is 427 g/mol. The minimum atomic E-state index is 0. The minimum Gasteiger partial charge on any atom is -0.493 e. The molecule has 1 aromatic rings. The molecule has 1 rings (SSSR count). The van der Waals surface area contributed by atoms with Crippen LogP contribution in [0.15, 0.2) is 22.7 Å². The van der Waals surface area contributed by atoms with E-state index in [1.54, 1.807) is 6.08 Å². The molecule has 4 nitrogen and oxygen atoms in total. The highest BCUT2D eigenvalue weighted by Crippen LogP contribution is 2.31. The normalized spacial score (nSPS) is 10.2. The minimum absolute atomic E-state index is 0. The van der Waals surface area contributed by atoms with Gasteiger partial charge in [0.2, 0.25) is 0 Å². The van der Waals surface area contributed by atoms with E-state index in [9.17, 15) is 0 Å². The maximum Gasteiger partial charge on any atom is 0.125 e. The third-order valence-corrected chi connectivity index (χ3v) is 4.18. The van der Waals surface area contributed by atoms with Gasteiger partial charge in [-0.2, -0.15) is 0 Å². The Balaban J connectivity index is 0.00000625. The fraction of sp³-hybridized carbons (Fsp3) is 0.579. The zero-order valence-electron chi connectivity index (χ0n) is 15.6. The quantitative estimate of drug-likeness (QED) is 0.322. The molecule has 7 heteroatoms. The van der Waals surface area contributed by atoms with Crippen molar-refractivity contribution in [3.8, 4) is 11.5 Å². The number of hydrogen-bond acceptors (Lipinski definition) is 4. The molecule has 0 amide bonds. The summed E-state index contributed by atoms with van der Waals surface area (Å²) < 4.78 is 12.0. The van der Waals surface area contributed by atoms with Crippen LogP contribution in [0.25, 0.3) is 0 Å². The first-order valence-electron chi connectivity index (χ1n) is 8.86. The zero-order chi connectivity index (χ0) is 18.5. The summed E-state index contributed by atoms with van der Waals surface area (Å²) in [7, 11) is 0. The Labute approximate surface area is 173 Å². The molecule has 2 N–H and O–H groups in total. The van der Waals surface area contributed by atoms with Crippen LogP contribution in [0.5, 0.6) is 11.5 Å². The molecule has 0 spiro atoms. The van der Waals surface area contributed by atoms with Crippen molar-refractivity contribution in [3.05, 3.63) is 33.8 Å². The Kier molecular flexibility index (Phi) is 15.0. The molecule has 1 aromatic carbocycles. The standard InChI is InChI=1S/C19H29Cl2NO3.ClH/c1-3-15-13-17(23-12-9-18(20)21)14-16(4-2)19(15)24-10-7-5-6-8-11-25-22;/h9,13-14H,3-8,10-12,22H2,1-2H3;1H. The van der Waals surface area contributed by atoms with Crippen LogP contribution in [-0.2, 0) is 17.7 Å². The topological polar surface area (TPSA) is 53.7 Å². The summed E-state index contributed by atoms with van der Waals surface area (Å²) in [6.45, 7) is 5.92. The molecule has 0 saturated heterocycles. The first-order valence-corrected chi connectivity index (χ1v) is 9.62. The van der Waals surface area contributed by atoms with Crippen LogP contribution in [0, 0.1) is 0 Å². The Morgan fingerprint density at radius 2 is 1.54 bits per heavy atom. The van der Waals surface area contributed by atoms with Gasteiger partial charge in [-0.05, 0) is 61.4 Å². The molecule has 0 saturated carbocycles. The second-order valence-corrected chi connectivity index (χ2v) is 6.72. The van der Waals surface area contributed by atoms with Crippen LogP contribution < -0.4 is 15.4 Å². The van der Waals surface area contributed by atoms with Crippen molar-refractivity contribution in [1.29, 1.82) is 0 Å². The molecule has 0 fully saturated rings. The molecular weight excluding hydrogens is 397 g/mol. The Morgan fingerprint density at radius 3 is 2.04 bits per heavy atom. The van der Waals surface area contributed by atoms with Gasteiger partial charge >= 0.3 is 0 Å². The van der Waals surface area contributed by atoms with Crippen molar-refractivity contribution in [1.82, 2.24) is 0 Å². The predicted octanol–water partition coefficient (Wildman–Crippen LogP) is 5.76. The lowest BCUT2D eigenvalue weighted by Crippen LogP contribution is -2.05. The summed E-state index contributed by atoms with van der Waals surface area (Å²) >= 11 is 11.2. The van der Waals surface area contributed by atoms with E-state index in [2.05, 4.69) is 18.7 Å². The fourth-order valence-electron chi connectivity index (χ4n) is 2.53. The van der Waals surface area contributed by atoms with E-state index in [1.807, 2.05) is 12.1 Å². The highest BCUT2D eigenvalue weighted by atomic mass is 35.5. The van der Waals surface area contributed by atoms with Gasteiger partial charge in [-0.3, -0.25) is 0 Å². The average Bonchev–Trinajstić information content (AvgIpc) is 2.60. The van der Waals surface area contributed by atoms with Gasteiger partial charge in [-0.15, -0.1) is 12.4 Å². The van der Waals surface area contributed by atoms with E-state index in [0.29, 0.717) is 19.8 Å². The van der Waals surface area contributed by atoms with Crippen LogP contribution in [0.1, 0.15) is 50.7 Å². The summed E-state index contributed by atoms with van der Waals surface area (Å²) in [6, 6.07) is 4.06. The SMILES string of the molecule is CCc1cc(OCC=C(Cl)Cl)cc(CC)c1OCCCCCCON.Cl. The van der Waals surface area contributed by atoms with Gasteiger partial charge < -0.3 is 14.3 Å². The Hall–Kier alpha value is -0.650. The maximum absolute atomic E-state index is 6.09. The van der Waals surface area contributed by atoms with Gasteiger partial charge in [0.15, 0.2) is 0 Å². The lowest BCUT2D eigenvalue weighted by atomic mass is 10.0. The van der Waals surface area contributed by atoms with Crippen LogP contribution >= 0.6 is 35.6 Å². The first-order chi connectivity index (χ1) is 12.1. The summed E-state index contributed by atoms with van der Waals surface area (Å²) in [5.41, 5.74) is 2.32. The van der Waals surface area contributed by atoms with E-state index < -0.39 is 0 Å². The van der Waals surface area contributed by atoms with Crippen molar-refractivity contribution in [2.45, 2.75) is 52.4 Å². The number of hydrogen-bond donors (Lipinski definition) is 1. The molecule has 150 valence electrons. The third kappa shape index (κ3) is 9.89. The van der Waals surface area contributed by atoms with Crippen LogP contribution in [0.2, 0.25) is 0 Å². The molecule has 0 aliphatic carbocycles. The molecule has 0 aliphatic rings. The summed E-state index contributed by atoms with van der Waals surface area (Å²) in [4.78, 5) is 4.57. The number of benzene rings is 1. The van der Waals surface area contributed by atoms with E-state index >= 15 is 0 Å². The predicted molar refractivity (Wildman–Crippen MR) is 112 cm³/mol.